The Kier molecular flexibility index (Phi) is 5.31. The summed E-state index contributed by atoms with van der Waals surface area (Å²) in [6.07, 6.45) is 0.261. The molecule has 0 aliphatic carbocycles. The summed E-state index contributed by atoms with van der Waals surface area (Å²) in [5.74, 6) is 0.648. The minimum Gasteiger partial charge on any atom is -0.497 e. The third kappa shape index (κ3) is 4.07. The van der Waals surface area contributed by atoms with E-state index in [9.17, 15) is 13.2 Å². The van der Waals surface area contributed by atoms with Crippen LogP contribution >= 0.6 is 11.6 Å². The van der Waals surface area contributed by atoms with Gasteiger partial charge in [0.15, 0.2) is 0 Å². The van der Waals surface area contributed by atoms with E-state index >= 15 is 0 Å². The molecule has 2 N–H and O–H groups in total. The Labute approximate surface area is 155 Å². The molecule has 0 unspecified atom stereocenters. The average Bonchev–Trinajstić information content (AvgIpc) is 2.61. The summed E-state index contributed by atoms with van der Waals surface area (Å²) >= 11 is 5.83. The number of pyridine rings is 1. The van der Waals surface area contributed by atoms with Crippen molar-refractivity contribution >= 4 is 32.5 Å². The van der Waals surface area contributed by atoms with Crippen LogP contribution in [0, 0.1) is 0 Å². The van der Waals surface area contributed by atoms with Crippen LogP contribution in [0.3, 0.4) is 0 Å². The van der Waals surface area contributed by atoms with Crippen LogP contribution < -0.4 is 15.0 Å². The fraction of sp³-hybridized carbons (Fsp3) is 0.167. The molecule has 0 atom stereocenters. The predicted molar refractivity (Wildman–Crippen MR) is 101 cm³/mol. The van der Waals surface area contributed by atoms with Crippen LogP contribution in [0.4, 0.5) is 0 Å². The van der Waals surface area contributed by atoms with Gasteiger partial charge in [0, 0.05) is 23.2 Å². The molecule has 3 rings (SSSR count). The van der Waals surface area contributed by atoms with Gasteiger partial charge in [-0.1, -0.05) is 17.7 Å². The van der Waals surface area contributed by atoms with Crippen LogP contribution in [-0.4, -0.2) is 27.1 Å². The van der Waals surface area contributed by atoms with E-state index in [1.54, 1.807) is 37.4 Å². The molecule has 0 radical (unpaired) electrons. The zero-order valence-electron chi connectivity index (χ0n) is 14.0. The normalized spacial score (nSPS) is 11.6. The Morgan fingerprint density at radius 2 is 1.96 bits per heavy atom. The van der Waals surface area contributed by atoms with Gasteiger partial charge in [-0.05, 0) is 48.2 Å². The third-order valence-electron chi connectivity index (χ3n) is 3.92. The van der Waals surface area contributed by atoms with E-state index in [0.717, 1.165) is 5.39 Å². The first kappa shape index (κ1) is 18.4. The molecule has 0 aliphatic heterocycles. The van der Waals surface area contributed by atoms with Gasteiger partial charge in [-0.25, -0.2) is 13.1 Å². The van der Waals surface area contributed by atoms with Crippen molar-refractivity contribution in [2.24, 2.45) is 0 Å². The highest BCUT2D eigenvalue weighted by Crippen LogP contribution is 2.19. The number of H-pyrrole nitrogens is 1. The highest BCUT2D eigenvalue weighted by atomic mass is 35.5. The molecule has 0 aliphatic rings. The van der Waals surface area contributed by atoms with Crippen molar-refractivity contribution in [2.75, 3.05) is 13.7 Å². The van der Waals surface area contributed by atoms with Crippen LogP contribution in [0.15, 0.2) is 58.2 Å². The van der Waals surface area contributed by atoms with E-state index in [4.69, 9.17) is 16.3 Å². The fourth-order valence-corrected chi connectivity index (χ4v) is 3.91. The minimum absolute atomic E-state index is 0.0875. The molecule has 1 aromatic heterocycles. The first-order chi connectivity index (χ1) is 12.4. The molecule has 3 aromatic rings. The molecule has 0 saturated heterocycles. The first-order valence-electron chi connectivity index (χ1n) is 7.84. The monoisotopic (exact) mass is 392 g/mol. The van der Waals surface area contributed by atoms with Crippen LogP contribution in [0.5, 0.6) is 5.75 Å². The van der Waals surface area contributed by atoms with Crippen molar-refractivity contribution in [2.45, 2.75) is 11.3 Å². The van der Waals surface area contributed by atoms with Gasteiger partial charge < -0.3 is 9.72 Å². The molecular formula is C18H17ClN2O4S. The summed E-state index contributed by atoms with van der Waals surface area (Å²) in [6.45, 7) is 0.0968. The van der Waals surface area contributed by atoms with Crippen LogP contribution in [0.2, 0.25) is 5.02 Å². The van der Waals surface area contributed by atoms with Gasteiger partial charge in [-0.3, -0.25) is 4.79 Å². The quantitative estimate of drug-likeness (QED) is 0.675. The minimum atomic E-state index is -3.68. The van der Waals surface area contributed by atoms with Crippen LogP contribution in [0.1, 0.15) is 5.56 Å². The summed E-state index contributed by atoms with van der Waals surface area (Å²) in [5, 5.41) is 1.19. The molecule has 0 spiro atoms. The number of methoxy groups -OCH3 is 1. The molecule has 1 heterocycles. The van der Waals surface area contributed by atoms with E-state index in [1.807, 2.05) is 6.07 Å². The van der Waals surface area contributed by atoms with Gasteiger partial charge in [0.05, 0.1) is 17.5 Å². The Bertz CT molecular complexity index is 1110. The lowest BCUT2D eigenvalue weighted by Gasteiger charge is -2.08. The van der Waals surface area contributed by atoms with E-state index < -0.39 is 10.0 Å². The summed E-state index contributed by atoms with van der Waals surface area (Å²) < 4.78 is 32.2. The number of halogens is 1. The molecule has 0 amide bonds. The van der Waals surface area contributed by atoms with Crippen LogP contribution in [-0.2, 0) is 16.4 Å². The number of sulfonamides is 1. The molecule has 2 aromatic carbocycles. The van der Waals surface area contributed by atoms with Gasteiger partial charge in [0.2, 0.25) is 10.0 Å². The second-order valence-corrected chi connectivity index (χ2v) is 7.89. The Balaban J connectivity index is 1.75. The largest absolute Gasteiger partial charge is 0.497 e. The number of hydrogen-bond donors (Lipinski definition) is 2. The number of rotatable bonds is 6. The van der Waals surface area contributed by atoms with Crippen molar-refractivity contribution < 1.29 is 13.2 Å². The lowest BCUT2D eigenvalue weighted by atomic mass is 10.1. The maximum atomic E-state index is 12.3. The summed E-state index contributed by atoms with van der Waals surface area (Å²) in [7, 11) is -2.13. The van der Waals surface area contributed by atoms with Crippen molar-refractivity contribution in [1.29, 1.82) is 0 Å². The van der Waals surface area contributed by atoms with Gasteiger partial charge >= 0.3 is 0 Å². The van der Waals surface area contributed by atoms with Gasteiger partial charge in [0.1, 0.15) is 5.75 Å². The summed E-state index contributed by atoms with van der Waals surface area (Å²) in [5.41, 5.74) is 0.904. The molecule has 8 heteroatoms. The number of fused-ring (bicyclic) bond motifs is 1. The molecular weight excluding hydrogens is 376 g/mol. The zero-order valence-corrected chi connectivity index (χ0v) is 15.5. The van der Waals surface area contributed by atoms with Crippen LogP contribution in [0.25, 0.3) is 10.9 Å². The van der Waals surface area contributed by atoms with E-state index in [0.29, 0.717) is 21.9 Å². The number of aromatic nitrogens is 1. The molecule has 0 bridgehead atoms. The maximum absolute atomic E-state index is 12.3. The van der Waals surface area contributed by atoms with Crippen molar-refractivity contribution in [1.82, 2.24) is 9.71 Å². The maximum Gasteiger partial charge on any atom is 0.251 e. The van der Waals surface area contributed by atoms with E-state index in [-0.39, 0.29) is 23.4 Å². The Morgan fingerprint density at radius 3 is 2.69 bits per heavy atom. The van der Waals surface area contributed by atoms with Crippen molar-refractivity contribution in [3.05, 3.63) is 69.5 Å². The average molecular weight is 393 g/mol. The summed E-state index contributed by atoms with van der Waals surface area (Å²) in [6, 6.07) is 13.1. The van der Waals surface area contributed by atoms with Gasteiger partial charge in [-0.2, -0.15) is 0 Å². The van der Waals surface area contributed by atoms with E-state index in [1.165, 1.54) is 12.1 Å². The third-order valence-corrected chi connectivity index (χ3v) is 5.62. The Morgan fingerprint density at radius 1 is 1.15 bits per heavy atom. The molecule has 26 heavy (non-hydrogen) atoms. The first-order valence-corrected chi connectivity index (χ1v) is 9.70. The SMILES string of the molecule is COc1ccc2cc(CCNS(=O)(=O)c3cccc(Cl)c3)c(=O)[nH]c2c1. The fourth-order valence-electron chi connectivity index (χ4n) is 2.58. The summed E-state index contributed by atoms with van der Waals surface area (Å²) in [4.78, 5) is 15.1. The molecule has 6 nitrogen and oxygen atoms in total. The standard InChI is InChI=1S/C18H17ClN2O4S/c1-25-15-6-5-12-9-13(18(22)21-17(12)11-15)7-8-20-26(23,24)16-4-2-3-14(19)10-16/h2-6,9-11,20H,7-8H2,1H3,(H,21,22). The predicted octanol–water partition coefficient (Wildman–Crippen LogP) is 2.71. The zero-order chi connectivity index (χ0) is 18.7. The molecule has 0 saturated carbocycles. The number of hydrogen-bond acceptors (Lipinski definition) is 4. The lowest BCUT2D eigenvalue weighted by Crippen LogP contribution is -2.27. The van der Waals surface area contributed by atoms with Crippen molar-refractivity contribution in [3.8, 4) is 5.75 Å². The lowest BCUT2D eigenvalue weighted by molar-refractivity contribution is 0.415. The molecule has 0 fully saturated rings. The van der Waals surface area contributed by atoms with Crippen molar-refractivity contribution in [3.63, 3.8) is 0 Å². The molecule has 136 valence electrons. The van der Waals surface area contributed by atoms with Gasteiger partial charge in [0.25, 0.3) is 5.56 Å². The topological polar surface area (TPSA) is 88.3 Å². The Hall–Kier alpha value is -2.35. The van der Waals surface area contributed by atoms with E-state index in [2.05, 4.69) is 9.71 Å². The van der Waals surface area contributed by atoms with Gasteiger partial charge in [-0.15, -0.1) is 0 Å². The second-order valence-electron chi connectivity index (χ2n) is 5.68. The number of benzene rings is 2. The highest BCUT2D eigenvalue weighted by Gasteiger charge is 2.14. The number of ether oxygens (including phenoxy) is 1. The number of nitrogens with one attached hydrogen (secondary N) is 2. The highest BCUT2D eigenvalue weighted by molar-refractivity contribution is 7.89. The smallest absolute Gasteiger partial charge is 0.251 e. The number of aromatic amines is 1. The second kappa shape index (κ2) is 7.49.